The van der Waals surface area contributed by atoms with Gasteiger partial charge >= 0.3 is 0 Å². The van der Waals surface area contributed by atoms with E-state index in [1.807, 2.05) is 25.3 Å². The largest absolute Gasteiger partial charge is 0.493 e. The number of aryl methyl sites for hydroxylation is 1. The molecule has 3 heteroatoms. The number of hydrogen-bond donors (Lipinski definition) is 1. The summed E-state index contributed by atoms with van der Waals surface area (Å²) in [5.41, 5.74) is 3.36. The van der Waals surface area contributed by atoms with E-state index in [1.54, 1.807) is 0 Å². The molecule has 21 heavy (non-hydrogen) atoms. The molecule has 0 radical (unpaired) electrons. The minimum absolute atomic E-state index is 0.108. The summed E-state index contributed by atoms with van der Waals surface area (Å²) < 4.78 is 5.90. The molecule has 1 aromatic heterocycles. The van der Waals surface area contributed by atoms with Crippen LogP contribution in [0.15, 0.2) is 42.6 Å². The number of hydrogen-bond acceptors (Lipinski definition) is 3. The molecule has 1 N–H and O–H groups in total. The normalized spacial score (nSPS) is 12.1. The summed E-state index contributed by atoms with van der Waals surface area (Å²) in [6.07, 6.45) is 2.95. The fourth-order valence-electron chi connectivity index (χ4n) is 2.32. The van der Waals surface area contributed by atoms with E-state index < -0.39 is 0 Å². The Hall–Kier alpha value is -1.87. The van der Waals surface area contributed by atoms with Gasteiger partial charge in [0.25, 0.3) is 0 Å². The maximum atomic E-state index is 5.90. The van der Waals surface area contributed by atoms with Gasteiger partial charge in [-0.3, -0.25) is 4.98 Å². The van der Waals surface area contributed by atoms with Gasteiger partial charge in [0.1, 0.15) is 5.75 Å². The number of pyridine rings is 1. The maximum absolute atomic E-state index is 5.90. The van der Waals surface area contributed by atoms with Gasteiger partial charge in [-0.15, -0.1) is 0 Å². The van der Waals surface area contributed by atoms with Crippen LogP contribution in [0.25, 0.3) is 0 Å². The van der Waals surface area contributed by atoms with Crippen LogP contribution in [-0.2, 0) is 0 Å². The Balaban J connectivity index is 2.35. The molecule has 3 nitrogen and oxygen atoms in total. The van der Waals surface area contributed by atoms with Gasteiger partial charge < -0.3 is 10.1 Å². The molecule has 1 heterocycles. The average molecular weight is 284 g/mol. The van der Waals surface area contributed by atoms with Crippen LogP contribution in [0.2, 0.25) is 0 Å². The first-order chi connectivity index (χ1) is 10.3. The lowest BCUT2D eigenvalue weighted by Gasteiger charge is -2.21. The van der Waals surface area contributed by atoms with Crippen molar-refractivity contribution in [1.29, 1.82) is 0 Å². The van der Waals surface area contributed by atoms with E-state index >= 15 is 0 Å². The van der Waals surface area contributed by atoms with Gasteiger partial charge in [0.15, 0.2) is 0 Å². The summed E-state index contributed by atoms with van der Waals surface area (Å²) in [6.45, 7) is 7.87. The average Bonchev–Trinajstić information content (AvgIpc) is 2.52. The molecule has 0 aliphatic heterocycles. The first kappa shape index (κ1) is 15.5. The SMILES string of the molecule is CCCOc1ccccc1C(NCC)c1ccc(C)nc1. The van der Waals surface area contributed by atoms with Gasteiger partial charge in [0.2, 0.25) is 0 Å². The highest BCUT2D eigenvalue weighted by Crippen LogP contribution is 2.29. The van der Waals surface area contributed by atoms with Crippen molar-refractivity contribution in [3.05, 3.63) is 59.4 Å². The Labute approximate surface area is 127 Å². The van der Waals surface area contributed by atoms with Crippen molar-refractivity contribution in [2.24, 2.45) is 0 Å². The van der Waals surface area contributed by atoms with Crippen molar-refractivity contribution in [2.75, 3.05) is 13.2 Å². The number of aromatic nitrogens is 1. The van der Waals surface area contributed by atoms with Crippen LogP contribution in [0, 0.1) is 6.92 Å². The monoisotopic (exact) mass is 284 g/mol. The second-order valence-electron chi connectivity index (χ2n) is 5.11. The molecule has 0 amide bonds. The van der Waals surface area contributed by atoms with Gasteiger partial charge in [0.05, 0.1) is 12.6 Å². The summed E-state index contributed by atoms with van der Waals surface area (Å²) in [5, 5.41) is 3.53. The van der Waals surface area contributed by atoms with Gasteiger partial charge in [-0.1, -0.05) is 38.1 Å². The van der Waals surface area contributed by atoms with Crippen LogP contribution >= 0.6 is 0 Å². The molecule has 2 aromatic rings. The summed E-state index contributed by atoms with van der Waals surface area (Å²) >= 11 is 0. The fraction of sp³-hybridized carbons (Fsp3) is 0.389. The van der Waals surface area contributed by atoms with Crippen LogP contribution in [0.3, 0.4) is 0 Å². The van der Waals surface area contributed by atoms with Crippen LogP contribution < -0.4 is 10.1 Å². The van der Waals surface area contributed by atoms with E-state index in [0.29, 0.717) is 0 Å². The second-order valence-corrected chi connectivity index (χ2v) is 5.11. The number of ether oxygens (including phenoxy) is 1. The molecule has 1 unspecified atom stereocenters. The number of rotatable bonds is 7. The van der Waals surface area contributed by atoms with Crippen molar-refractivity contribution in [2.45, 2.75) is 33.2 Å². The highest BCUT2D eigenvalue weighted by molar-refractivity contribution is 5.41. The zero-order valence-electron chi connectivity index (χ0n) is 13.1. The number of benzene rings is 1. The first-order valence-corrected chi connectivity index (χ1v) is 7.64. The zero-order valence-corrected chi connectivity index (χ0v) is 13.1. The van der Waals surface area contributed by atoms with E-state index in [-0.39, 0.29) is 6.04 Å². The van der Waals surface area contributed by atoms with Gasteiger partial charge in [-0.25, -0.2) is 0 Å². The third kappa shape index (κ3) is 4.05. The Kier molecular flexibility index (Phi) is 5.76. The van der Waals surface area contributed by atoms with Crippen molar-refractivity contribution in [3.63, 3.8) is 0 Å². The van der Waals surface area contributed by atoms with Crippen LogP contribution in [0.1, 0.15) is 43.1 Å². The maximum Gasteiger partial charge on any atom is 0.124 e. The Morgan fingerprint density at radius 3 is 2.62 bits per heavy atom. The van der Waals surface area contributed by atoms with E-state index in [2.05, 4.69) is 48.4 Å². The summed E-state index contributed by atoms with van der Waals surface area (Å²) in [5.74, 6) is 0.950. The number of para-hydroxylation sites is 1. The molecule has 0 saturated carbocycles. The highest BCUT2D eigenvalue weighted by Gasteiger charge is 2.17. The molecule has 1 atom stereocenters. The van der Waals surface area contributed by atoms with Crippen LogP contribution in [0.4, 0.5) is 0 Å². The Morgan fingerprint density at radius 2 is 1.95 bits per heavy atom. The third-order valence-corrected chi connectivity index (χ3v) is 3.37. The summed E-state index contributed by atoms with van der Waals surface area (Å²) in [4.78, 5) is 4.42. The van der Waals surface area contributed by atoms with Crippen molar-refractivity contribution < 1.29 is 4.74 Å². The van der Waals surface area contributed by atoms with E-state index in [4.69, 9.17) is 4.74 Å². The van der Waals surface area contributed by atoms with Crippen LogP contribution in [-0.4, -0.2) is 18.1 Å². The van der Waals surface area contributed by atoms with Gasteiger partial charge in [-0.2, -0.15) is 0 Å². The first-order valence-electron chi connectivity index (χ1n) is 7.64. The van der Waals surface area contributed by atoms with Crippen molar-refractivity contribution in [1.82, 2.24) is 10.3 Å². The van der Waals surface area contributed by atoms with Crippen molar-refractivity contribution in [3.8, 4) is 5.75 Å². The molecular weight excluding hydrogens is 260 g/mol. The molecular formula is C18H24N2O. The Bertz CT molecular complexity index is 551. The molecule has 112 valence electrons. The minimum atomic E-state index is 0.108. The van der Waals surface area contributed by atoms with Gasteiger partial charge in [-0.05, 0) is 37.6 Å². The Morgan fingerprint density at radius 1 is 1.14 bits per heavy atom. The lowest BCUT2D eigenvalue weighted by atomic mass is 9.99. The van der Waals surface area contributed by atoms with E-state index in [1.165, 1.54) is 5.56 Å². The predicted octanol–water partition coefficient (Wildman–Crippen LogP) is 3.88. The quantitative estimate of drug-likeness (QED) is 0.838. The molecule has 0 fully saturated rings. The predicted molar refractivity (Wildman–Crippen MR) is 86.7 cm³/mol. The minimum Gasteiger partial charge on any atom is -0.493 e. The topological polar surface area (TPSA) is 34.1 Å². The molecule has 0 bridgehead atoms. The molecule has 1 aromatic carbocycles. The third-order valence-electron chi connectivity index (χ3n) is 3.37. The summed E-state index contributed by atoms with van der Waals surface area (Å²) in [6, 6.07) is 12.5. The fourth-order valence-corrected chi connectivity index (χ4v) is 2.32. The highest BCUT2D eigenvalue weighted by atomic mass is 16.5. The molecule has 0 aliphatic carbocycles. The number of nitrogens with zero attached hydrogens (tertiary/aromatic N) is 1. The molecule has 0 spiro atoms. The standard InChI is InChI=1S/C18H24N2O/c1-4-12-21-17-9-7-6-8-16(17)18(19-5-2)15-11-10-14(3)20-13-15/h6-11,13,18-19H,4-5,12H2,1-3H3. The zero-order chi connectivity index (χ0) is 15.1. The lowest BCUT2D eigenvalue weighted by Crippen LogP contribution is -2.23. The summed E-state index contributed by atoms with van der Waals surface area (Å²) in [7, 11) is 0. The molecule has 0 saturated heterocycles. The van der Waals surface area contributed by atoms with Crippen LogP contribution in [0.5, 0.6) is 5.75 Å². The molecule has 2 rings (SSSR count). The lowest BCUT2D eigenvalue weighted by molar-refractivity contribution is 0.312. The number of nitrogens with one attached hydrogen (secondary N) is 1. The van der Waals surface area contributed by atoms with E-state index in [9.17, 15) is 0 Å². The van der Waals surface area contributed by atoms with E-state index in [0.717, 1.165) is 36.6 Å². The molecule has 0 aliphatic rings. The van der Waals surface area contributed by atoms with Gasteiger partial charge in [0, 0.05) is 17.5 Å². The second kappa shape index (κ2) is 7.79. The van der Waals surface area contributed by atoms with Crippen molar-refractivity contribution >= 4 is 0 Å². The smallest absolute Gasteiger partial charge is 0.124 e.